The van der Waals surface area contributed by atoms with Gasteiger partial charge in [-0.25, -0.2) is 0 Å². The first-order chi connectivity index (χ1) is 11.7. The van der Waals surface area contributed by atoms with Gasteiger partial charge in [0.15, 0.2) is 0 Å². The quantitative estimate of drug-likeness (QED) is 0.916. The Balaban J connectivity index is 1.74. The maximum absolute atomic E-state index is 11.2. The zero-order chi connectivity index (χ0) is 16.8. The van der Waals surface area contributed by atoms with Crippen LogP contribution in [-0.2, 0) is 16.1 Å². The van der Waals surface area contributed by atoms with Crippen molar-refractivity contribution in [3.8, 4) is 11.5 Å². The molecule has 1 heterocycles. The van der Waals surface area contributed by atoms with E-state index in [0.717, 1.165) is 49.8 Å². The van der Waals surface area contributed by atoms with Crippen molar-refractivity contribution >= 4 is 11.6 Å². The lowest BCUT2D eigenvalue weighted by atomic mass is 10.2. The van der Waals surface area contributed by atoms with Gasteiger partial charge in [-0.2, -0.15) is 0 Å². The van der Waals surface area contributed by atoms with Crippen molar-refractivity contribution in [1.29, 1.82) is 0 Å². The molecule has 24 heavy (non-hydrogen) atoms. The van der Waals surface area contributed by atoms with E-state index in [1.807, 2.05) is 42.5 Å². The third-order valence-corrected chi connectivity index (χ3v) is 3.85. The minimum atomic E-state index is -0.0973. The highest BCUT2D eigenvalue weighted by Gasteiger charge is 2.13. The van der Waals surface area contributed by atoms with Crippen molar-refractivity contribution in [3.05, 3.63) is 54.1 Å². The number of hydrogen-bond donors (Lipinski definition) is 1. The number of morpholine rings is 1. The summed E-state index contributed by atoms with van der Waals surface area (Å²) in [7, 11) is 0. The molecular formula is C19H22N2O3. The fourth-order valence-corrected chi connectivity index (χ4v) is 2.70. The lowest BCUT2D eigenvalue weighted by molar-refractivity contribution is -0.114. The molecule has 1 amide bonds. The highest BCUT2D eigenvalue weighted by Crippen LogP contribution is 2.28. The van der Waals surface area contributed by atoms with E-state index in [0.29, 0.717) is 5.75 Å². The van der Waals surface area contributed by atoms with Gasteiger partial charge in [0, 0.05) is 43.9 Å². The predicted octanol–water partition coefficient (Wildman–Crippen LogP) is 3.27. The fraction of sp³-hybridized carbons (Fsp3) is 0.316. The summed E-state index contributed by atoms with van der Waals surface area (Å²) in [6, 6.07) is 15.5. The number of para-hydroxylation sites is 1. The van der Waals surface area contributed by atoms with Gasteiger partial charge >= 0.3 is 0 Å². The minimum Gasteiger partial charge on any atom is -0.457 e. The summed E-state index contributed by atoms with van der Waals surface area (Å²) in [5.41, 5.74) is 1.87. The first-order valence-electron chi connectivity index (χ1n) is 8.14. The Hall–Kier alpha value is -2.37. The van der Waals surface area contributed by atoms with Crippen LogP contribution in [0.2, 0.25) is 0 Å². The third-order valence-electron chi connectivity index (χ3n) is 3.85. The number of amides is 1. The van der Waals surface area contributed by atoms with Crippen molar-refractivity contribution in [3.63, 3.8) is 0 Å². The van der Waals surface area contributed by atoms with Crippen molar-refractivity contribution in [2.24, 2.45) is 0 Å². The molecule has 0 unspecified atom stereocenters. The Kier molecular flexibility index (Phi) is 5.46. The van der Waals surface area contributed by atoms with Gasteiger partial charge in [-0.05, 0) is 18.2 Å². The van der Waals surface area contributed by atoms with E-state index in [9.17, 15) is 4.79 Å². The molecular weight excluding hydrogens is 304 g/mol. The average molecular weight is 326 g/mol. The van der Waals surface area contributed by atoms with Gasteiger partial charge in [0.2, 0.25) is 5.91 Å². The van der Waals surface area contributed by atoms with Crippen LogP contribution in [0.1, 0.15) is 12.5 Å². The molecule has 0 bridgehead atoms. The number of nitrogens with one attached hydrogen (secondary N) is 1. The van der Waals surface area contributed by atoms with Gasteiger partial charge in [-0.3, -0.25) is 9.69 Å². The second kappa shape index (κ2) is 7.95. The first kappa shape index (κ1) is 16.5. The number of rotatable bonds is 5. The van der Waals surface area contributed by atoms with E-state index < -0.39 is 0 Å². The normalized spacial score (nSPS) is 15.0. The van der Waals surface area contributed by atoms with Crippen LogP contribution in [-0.4, -0.2) is 37.1 Å². The summed E-state index contributed by atoms with van der Waals surface area (Å²) in [4.78, 5) is 13.6. The molecule has 1 fully saturated rings. The first-order valence-corrected chi connectivity index (χ1v) is 8.14. The standard InChI is InChI=1S/C19H22N2O3/c1-15(22)20-17-6-4-7-18(13-17)24-19-8-3-2-5-16(19)14-21-9-11-23-12-10-21/h2-8,13H,9-12,14H2,1H3,(H,20,22). The highest BCUT2D eigenvalue weighted by atomic mass is 16.5. The number of benzene rings is 2. The summed E-state index contributed by atoms with van der Waals surface area (Å²) < 4.78 is 11.5. The van der Waals surface area contributed by atoms with Crippen LogP contribution in [0.3, 0.4) is 0 Å². The van der Waals surface area contributed by atoms with Crippen LogP contribution in [0.5, 0.6) is 11.5 Å². The van der Waals surface area contributed by atoms with Gasteiger partial charge in [0.25, 0.3) is 0 Å². The SMILES string of the molecule is CC(=O)Nc1cccc(Oc2ccccc2CN2CCOCC2)c1. The number of carbonyl (C=O) groups excluding carboxylic acids is 1. The van der Waals surface area contributed by atoms with E-state index in [4.69, 9.17) is 9.47 Å². The van der Waals surface area contributed by atoms with Crippen molar-refractivity contribution < 1.29 is 14.3 Å². The Labute approximate surface area is 142 Å². The molecule has 0 aliphatic carbocycles. The summed E-state index contributed by atoms with van der Waals surface area (Å²) >= 11 is 0. The number of anilines is 1. The molecule has 1 aliphatic rings. The van der Waals surface area contributed by atoms with Crippen LogP contribution in [0.15, 0.2) is 48.5 Å². The van der Waals surface area contributed by atoms with Crippen molar-refractivity contribution in [2.75, 3.05) is 31.6 Å². The highest BCUT2D eigenvalue weighted by molar-refractivity contribution is 5.88. The lowest BCUT2D eigenvalue weighted by Gasteiger charge is -2.27. The van der Waals surface area contributed by atoms with E-state index in [1.165, 1.54) is 6.92 Å². The largest absolute Gasteiger partial charge is 0.457 e. The number of hydrogen-bond acceptors (Lipinski definition) is 4. The summed E-state index contributed by atoms with van der Waals surface area (Å²) in [6.45, 7) is 5.76. The molecule has 1 saturated heterocycles. The number of nitrogens with zero attached hydrogens (tertiary/aromatic N) is 1. The molecule has 5 nitrogen and oxygen atoms in total. The van der Waals surface area contributed by atoms with Crippen LogP contribution in [0, 0.1) is 0 Å². The maximum Gasteiger partial charge on any atom is 0.221 e. The van der Waals surface area contributed by atoms with Crippen LogP contribution >= 0.6 is 0 Å². The monoisotopic (exact) mass is 326 g/mol. The van der Waals surface area contributed by atoms with Crippen LogP contribution in [0.4, 0.5) is 5.69 Å². The average Bonchev–Trinajstić information content (AvgIpc) is 2.57. The third kappa shape index (κ3) is 4.57. The van der Waals surface area contributed by atoms with Gasteiger partial charge in [0.1, 0.15) is 11.5 Å². The fourth-order valence-electron chi connectivity index (χ4n) is 2.70. The summed E-state index contributed by atoms with van der Waals surface area (Å²) in [6.07, 6.45) is 0. The number of carbonyl (C=O) groups is 1. The minimum absolute atomic E-state index is 0.0973. The maximum atomic E-state index is 11.2. The molecule has 2 aromatic carbocycles. The topological polar surface area (TPSA) is 50.8 Å². The molecule has 0 aromatic heterocycles. The molecule has 0 atom stereocenters. The van der Waals surface area contributed by atoms with Crippen molar-refractivity contribution in [2.45, 2.75) is 13.5 Å². The molecule has 0 spiro atoms. The van der Waals surface area contributed by atoms with Gasteiger partial charge < -0.3 is 14.8 Å². The van der Waals surface area contributed by atoms with Gasteiger partial charge in [-0.15, -0.1) is 0 Å². The molecule has 126 valence electrons. The Morgan fingerprint density at radius 2 is 1.96 bits per heavy atom. The second-order valence-electron chi connectivity index (χ2n) is 5.81. The Morgan fingerprint density at radius 1 is 1.17 bits per heavy atom. The van der Waals surface area contributed by atoms with Gasteiger partial charge in [0.05, 0.1) is 13.2 Å². The van der Waals surface area contributed by atoms with E-state index in [1.54, 1.807) is 0 Å². The second-order valence-corrected chi connectivity index (χ2v) is 5.81. The molecule has 1 aliphatic heterocycles. The Bertz CT molecular complexity index is 697. The molecule has 0 saturated carbocycles. The zero-order valence-corrected chi connectivity index (χ0v) is 13.8. The zero-order valence-electron chi connectivity index (χ0n) is 13.8. The van der Waals surface area contributed by atoms with E-state index in [-0.39, 0.29) is 5.91 Å². The predicted molar refractivity (Wildman–Crippen MR) is 93.4 cm³/mol. The van der Waals surface area contributed by atoms with E-state index in [2.05, 4.69) is 16.3 Å². The molecule has 5 heteroatoms. The lowest BCUT2D eigenvalue weighted by Crippen LogP contribution is -2.35. The van der Waals surface area contributed by atoms with Crippen LogP contribution in [0.25, 0.3) is 0 Å². The molecule has 1 N–H and O–H groups in total. The molecule has 3 rings (SSSR count). The van der Waals surface area contributed by atoms with Crippen molar-refractivity contribution in [1.82, 2.24) is 4.90 Å². The summed E-state index contributed by atoms with van der Waals surface area (Å²) in [5.74, 6) is 1.44. The summed E-state index contributed by atoms with van der Waals surface area (Å²) in [5, 5.41) is 2.77. The molecule has 0 radical (unpaired) electrons. The Morgan fingerprint density at radius 3 is 2.75 bits per heavy atom. The smallest absolute Gasteiger partial charge is 0.221 e. The molecule has 2 aromatic rings. The van der Waals surface area contributed by atoms with Gasteiger partial charge in [-0.1, -0.05) is 24.3 Å². The van der Waals surface area contributed by atoms with Crippen LogP contribution < -0.4 is 10.1 Å². The number of ether oxygens (including phenoxy) is 2. The van der Waals surface area contributed by atoms with E-state index >= 15 is 0 Å².